The lowest BCUT2D eigenvalue weighted by Crippen LogP contribution is -2.14. The van der Waals surface area contributed by atoms with Crippen molar-refractivity contribution < 1.29 is 18.0 Å². The third kappa shape index (κ3) is 4.05. The Kier molecular flexibility index (Phi) is 4.73. The molecule has 0 radical (unpaired) electrons. The highest BCUT2D eigenvalue weighted by Crippen LogP contribution is 2.29. The molecule has 1 amide bonds. The fourth-order valence-corrected chi connectivity index (χ4v) is 2.44. The Balaban J connectivity index is 1.69. The Morgan fingerprint density at radius 2 is 1.88 bits per heavy atom. The van der Waals surface area contributed by atoms with Gasteiger partial charge in [0.15, 0.2) is 11.5 Å². The van der Waals surface area contributed by atoms with Crippen molar-refractivity contribution in [2.24, 2.45) is 7.05 Å². The van der Waals surface area contributed by atoms with E-state index in [0.717, 1.165) is 12.6 Å². The van der Waals surface area contributed by atoms with Gasteiger partial charge in [-0.15, -0.1) is 0 Å². The number of nitrogens with one attached hydrogen (secondary N) is 1. The molecule has 0 bridgehead atoms. The van der Waals surface area contributed by atoms with Crippen LogP contribution in [0.4, 0.5) is 19.0 Å². The molecule has 0 aliphatic heterocycles. The third-order valence-corrected chi connectivity index (χ3v) is 3.79. The number of alkyl halides is 3. The van der Waals surface area contributed by atoms with Crippen molar-refractivity contribution in [3.63, 3.8) is 0 Å². The van der Waals surface area contributed by atoms with Crippen molar-refractivity contribution in [1.29, 1.82) is 0 Å². The molecule has 2 aromatic heterocycles. The standard InChI is InChI=1S/C16H13ClF3N5O/c1-24-13(16(18,19)20)8-12(22-24)15(26)21-14-6-7-25(23-14)9-10-2-4-11(17)5-3-10/h2-8H,9H2,1H3,(H,21,23,26). The quantitative estimate of drug-likeness (QED) is 0.748. The smallest absolute Gasteiger partial charge is 0.304 e. The van der Waals surface area contributed by atoms with Crippen LogP contribution in [0.25, 0.3) is 0 Å². The van der Waals surface area contributed by atoms with Crippen LogP contribution in [0.5, 0.6) is 0 Å². The number of amides is 1. The Labute approximate surface area is 151 Å². The van der Waals surface area contributed by atoms with Gasteiger partial charge in [-0.3, -0.25) is 14.2 Å². The third-order valence-electron chi connectivity index (χ3n) is 3.54. The summed E-state index contributed by atoms with van der Waals surface area (Å²) in [7, 11) is 1.13. The first-order valence-electron chi connectivity index (χ1n) is 7.43. The van der Waals surface area contributed by atoms with Gasteiger partial charge in [-0.1, -0.05) is 23.7 Å². The lowest BCUT2D eigenvalue weighted by atomic mass is 10.2. The highest BCUT2D eigenvalue weighted by Gasteiger charge is 2.35. The monoisotopic (exact) mass is 383 g/mol. The molecule has 0 unspecified atom stereocenters. The summed E-state index contributed by atoms with van der Waals surface area (Å²) in [6.07, 6.45) is -2.94. The number of hydrogen-bond donors (Lipinski definition) is 1. The highest BCUT2D eigenvalue weighted by molar-refractivity contribution is 6.30. The number of rotatable bonds is 4. The van der Waals surface area contributed by atoms with E-state index in [2.05, 4.69) is 15.5 Å². The van der Waals surface area contributed by atoms with Gasteiger partial charge < -0.3 is 5.32 Å². The van der Waals surface area contributed by atoms with E-state index in [-0.39, 0.29) is 11.5 Å². The lowest BCUT2D eigenvalue weighted by molar-refractivity contribution is -0.143. The summed E-state index contributed by atoms with van der Waals surface area (Å²) in [6.45, 7) is 0.453. The van der Waals surface area contributed by atoms with E-state index in [9.17, 15) is 18.0 Å². The number of anilines is 1. The molecule has 0 saturated heterocycles. The maximum atomic E-state index is 12.8. The van der Waals surface area contributed by atoms with Gasteiger partial charge in [-0.25, -0.2) is 0 Å². The zero-order valence-electron chi connectivity index (χ0n) is 13.5. The molecule has 10 heteroatoms. The second-order valence-corrected chi connectivity index (χ2v) is 5.95. The van der Waals surface area contributed by atoms with Gasteiger partial charge in [0.05, 0.1) is 6.54 Å². The average Bonchev–Trinajstić information content (AvgIpc) is 3.16. The number of carbonyl (C=O) groups excluding carboxylic acids is 1. The molecular formula is C16H13ClF3N5O. The molecule has 3 aromatic rings. The number of nitrogens with zero attached hydrogens (tertiary/aromatic N) is 4. The summed E-state index contributed by atoms with van der Waals surface area (Å²) in [5, 5.41) is 10.8. The largest absolute Gasteiger partial charge is 0.433 e. The molecular weight excluding hydrogens is 371 g/mol. The molecule has 3 rings (SSSR count). The van der Waals surface area contributed by atoms with Crippen molar-refractivity contribution in [1.82, 2.24) is 19.6 Å². The second-order valence-electron chi connectivity index (χ2n) is 5.52. The highest BCUT2D eigenvalue weighted by atomic mass is 35.5. The molecule has 0 atom stereocenters. The van der Waals surface area contributed by atoms with E-state index in [1.807, 2.05) is 12.1 Å². The van der Waals surface area contributed by atoms with Crippen molar-refractivity contribution in [3.05, 3.63) is 64.6 Å². The van der Waals surface area contributed by atoms with Crippen LogP contribution in [0.1, 0.15) is 21.7 Å². The van der Waals surface area contributed by atoms with Crippen LogP contribution in [-0.2, 0) is 19.8 Å². The summed E-state index contributed by atoms with van der Waals surface area (Å²) in [5.41, 5.74) is -0.391. The van der Waals surface area contributed by atoms with E-state index < -0.39 is 17.8 Å². The zero-order valence-corrected chi connectivity index (χ0v) is 14.2. The van der Waals surface area contributed by atoms with Crippen LogP contribution in [0.2, 0.25) is 5.02 Å². The first kappa shape index (κ1) is 18.0. The fourth-order valence-electron chi connectivity index (χ4n) is 2.32. The predicted molar refractivity (Wildman–Crippen MR) is 88.9 cm³/mol. The summed E-state index contributed by atoms with van der Waals surface area (Å²) in [5.74, 6) is -0.559. The normalized spacial score (nSPS) is 11.6. The van der Waals surface area contributed by atoms with Crippen molar-refractivity contribution >= 4 is 23.3 Å². The van der Waals surface area contributed by atoms with Gasteiger partial charge in [-0.2, -0.15) is 23.4 Å². The van der Waals surface area contributed by atoms with E-state index in [4.69, 9.17) is 11.6 Å². The lowest BCUT2D eigenvalue weighted by Gasteiger charge is -2.04. The van der Waals surface area contributed by atoms with Crippen LogP contribution < -0.4 is 5.32 Å². The summed E-state index contributed by atoms with van der Waals surface area (Å²) < 4.78 is 40.5. The predicted octanol–water partition coefficient (Wildman–Crippen LogP) is 3.59. The van der Waals surface area contributed by atoms with Gasteiger partial charge in [-0.05, 0) is 17.7 Å². The Morgan fingerprint density at radius 1 is 1.19 bits per heavy atom. The van der Waals surface area contributed by atoms with Gasteiger partial charge in [0, 0.05) is 30.4 Å². The maximum absolute atomic E-state index is 12.8. The number of halogens is 4. The van der Waals surface area contributed by atoms with Crippen molar-refractivity contribution in [2.45, 2.75) is 12.7 Å². The van der Waals surface area contributed by atoms with E-state index in [1.165, 1.54) is 0 Å². The summed E-state index contributed by atoms with van der Waals surface area (Å²) in [6, 6.07) is 9.43. The molecule has 136 valence electrons. The van der Waals surface area contributed by atoms with E-state index in [1.54, 1.807) is 29.1 Å². The van der Waals surface area contributed by atoms with Crippen LogP contribution in [0.15, 0.2) is 42.6 Å². The van der Waals surface area contributed by atoms with Gasteiger partial charge >= 0.3 is 6.18 Å². The minimum Gasteiger partial charge on any atom is -0.304 e. The molecule has 0 saturated carbocycles. The Bertz CT molecular complexity index is 930. The van der Waals surface area contributed by atoms with Crippen LogP contribution in [-0.4, -0.2) is 25.5 Å². The summed E-state index contributed by atoms with van der Waals surface area (Å²) in [4.78, 5) is 12.1. The minimum atomic E-state index is -4.58. The van der Waals surface area contributed by atoms with Crippen LogP contribution in [0, 0.1) is 0 Å². The number of aromatic nitrogens is 4. The topological polar surface area (TPSA) is 64.7 Å². The SMILES string of the molecule is Cn1nc(C(=O)Nc2ccn(Cc3ccc(Cl)cc3)n2)cc1C(F)(F)F. The van der Waals surface area contributed by atoms with Gasteiger partial charge in [0.2, 0.25) is 0 Å². The fraction of sp³-hybridized carbons (Fsp3) is 0.188. The molecule has 0 fully saturated rings. The molecule has 0 aliphatic carbocycles. The molecule has 0 aliphatic rings. The summed E-state index contributed by atoms with van der Waals surface area (Å²) >= 11 is 5.83. The first-order chi connectivity index (χ1) is 12.2. The number of aryl methyl sites for hydroxylation is 1. The van der Waals surface area contributed by atoms with Crippen LogP contribution >= 0.6 is 11.6 Å². The second kappa shape index (κ2) is 6.83. The molecule has 1 N–H and O–H groups in total. The maximum Gasteiger partial charge on any atom is 0.433 e. The van der Waals surface area contributed by atoms with E-state index in [0.29, 0.717) is 22.3 Å². The molecule has 0 spiro atoms. The average molecular weight is 384 g/mol. The van der Waals surface area contributed by atoms with Gasteiger partial charge in [0.25, 0.3) is 5.91 Å². The molecule has 1 aromatic carbocycles. The first-order valence-corrected chi connectivity index (χ1v) is 7.80. The minimum absolute atomic E-state index is 0.211. The van der Waals surface area contributed by atoms with Crippen LogP contribution in [0.3, 0.4) is 0 Å². The Morgan fingerprint density at radius 3 is 2.50 bits per heavy atom. The van der Waals surface area contributed by atoms with Crippen molar-refractivity contribution in [3.8, 4) is 0 Å². The molecule has 2 heterocycles. The Hall–Kier alpha value is -2.81. The van der Waals surface area contributed by atoms with Crippen molar-refractivity contribution in [2.75, 3.05) is 5.32 Å². The molecule has 6 nitrogen and oxygen atoms in total. The zero-order chi connectivity index (χ0) is 18.9. The van der Waals surface area contributed by atoms with E-state index >= 15 is 0 Å². The number of carbonyl (C=O) groups is 1. The number of hydrogen-bond acceptors (Lipinski definition) is 3. The number of benzene rings is 1. The van der Waals surface area contributed by atoms with Gasteiger partial charge in [0.1, 0.15) is 5.69 Å². The molecule has 26 heavy (non-hydrogen) atoms.